The molecule has 1 N–H and O–H groups in total. The molecule has 1 aromatic rings. The van der Waals surface area contributed by atoms with E-state index < -0.39 is 10.0 Å². The molecule has 0 fully saturated rings. The van der Waals surface area contributed by atoms with Crippen molar-refractivity contribution in [1.29, 1.82) is 0 Å². The highest BCUT2D eigenvalue weighted by atomic mass is 32.2. The molecule has 1 aromatic heterocycles. The van der Waals surface area contributed by atoms with Crippen molar-refractivity contribution < 1.29 is 8.42 Å². The summed E-state index contributed by atoms with van der Waals surface area (Å²) in [6.07, 6.45) is 6.23. The van der Waals surface area contributed by atoms with Crippen LogP contribution in [0, 0.1) is 0 Å². The number of nitrogens with zero attached hydrogens (tertiary/aromatic N) is 2. The molecule has 98 valence electrons. The Labute approximate surface area is 108 Å². The summed E-state index contributed by atoms with van der Waals surface area (Å²) < 4.78 is 26.0. The van der Waals surface area contributed by atoms with Crippen LogP contribution in [-0.4, -0.2) is 37.8 Å². The van der Waals surface area contributed by atoms with E-state index in [1.165, 1.54) is 4.31 Å². The lowest BCUT2D eigenvalue weighted by molar-refractivity contribution is 0.435. The molecule has 0 spiro atoms. The van der Waals surface area contributed by atoms with Crippen LogP contribution in [-0.2, 0) is 16.6 Å². The highest BCUT2D eigenvalue weighted by Crippen LogP contribution is 2.16. The van der Waals surface area contributed by atoms with E-state index in [1.807, 2.05) is 19.2 Å². The van der Waals surface area contributed by atoms with Crippen molar-refractivity contribution in [2.75, 3.05) is 20.1 Å². The number of nitrogens with one attached hydrogen (secondary N) is 1. The quantitative estimate of drug-likeness (QED) is 0.818. The average Bonchev–Trinajstić information content (AvgIpc) is 2.41. The first-order valence-electron chi connectivity index (χ1n) is 5.89. The monoisotopic (exact) mass is 267 g/mol. The highest BCUT2D eigenvalue weighted by Gasteiger charge is 2.25. The minimum atomic E-state index is -3.44. The molecule has 0 bridgehead atoms. The fourth-order valence-electron chi connectivity index (χ4n) is 1.84. The van der Waals surface area contributed by atoms with Gasteiger partial charge in [0.1, 0.15) is 0 Å². The fraction of sp³-hybridized carbons (Fsp3) is 0.417. The van der Waals surface area contributed by atoms with Gasteiger partial charge in [0.2, 0.25) is 0 Å². The molecule has 1 aliphatic rings. The highest BCUT2D eigenvalue weighted by molar-refractivity contribution is 7.89. The predicted molar refractivity (Wildman–Crippen MR) is 69.5 cm³/mol. The molecule has 1 aliphatic heterocycles. The Balaban J connectivity index is 2.21. The molecule has 6 heteroatoms. The van der Waals surface area contributed by atoms with Gasteiger partial charge in [0.05, 0.1) is 0 Å². The van der Waals surface area contributed by atoms with Crippen molar-refractivity contribution in [2.24, 2.45) is 0 Å². The Hall–Kier alpha value is -1.24. The predicted octanol–water partition coefficient (Wildman–Crippen LogP) is 0.752. The smallest absolute Gasteiger partial charge is 0.260 e. The number of aromatic nitrogens is 1. The van der Waals surface area contributed by atoms with Gasteiger partial charge in [-0.15, -0.1) is 0 Å². The zero-order valence-corrected chi connectivity index (χ0v) is 11.2. The molecule has 0 unspecified atom stereocenters. The van der Waals surface area contributed by atoms with Crippen LogP contribution in [0.1, 0.15) is 12.0 Å². The minimum absolute atomic E-state index is 0.123. The van der Waals surface area contributed by atoms with Crippen molar-refractivity contribution in [1.82, 2.24) is 14.6 Å². The van der Waals surface area contributed by atoms with Crippen LogP contribution in [0.2, 0.25) is 0 Å². The van der Waals surface area contributed by atoms with Crippen molar-refractivity contribution in [3.05, 3.63) is 36.0 Å². The number of sulfonamides is 1. The maximum atomic E-state index is 12.3. The van der Waals surface area contributed by atoms with Crippen molar-refractivity contribution in [3.8, 4) is 0 Å². The SMILES string of the molecule is CNCc1ccc(S(=O)(=O)N2CC=CCC2)nc1. The summed E-state index contributed by atoms with van der Waals surface area (Å²) in [6.45, 7) is 1.64. The van der Waals surface area contributed by atoms with Gasteiger partial charge in [-0.2, -0.15) is 4.31 Å². The lowest BCUT2D eigenvalue weighted by atomic mass is 10.3. The van der Waals surface area contributed by atoms with E-state index in [9.17, 15) is 8.42 Å². The van der Waals surface area contributed by atoms with E-state index in [-0.39, 0.29) is 5.03 Å². The summed E-state index contributed by atoms with van der Waals surface area (Å²) in [5, 5.41) is 3.12. The average molecular weight is 267 g/mol. The second-order valence-electron chi connectivity index (χ2n) is 4.16. The van der Waals surface area contributed by atoms with Crippen LogP contribution in [0.3, 0.4) is 0 Å². The van der Waals surface area contributed by atoms with E-state index in [4.69, 9.17) is 0 Å². The minimum Gasteiger partial charge on any atom is -0.316 e. The van der Waals surface area contributed by atoms with Gasteiger partial charge < -0.3 is 5.32 Å². The Morgan fingerprint density at radius 1 is 1.39 bits per heavy atom. The molecule has 18 heavy (non-hydrogen) atoms. The van der Waals surface area contributed by atoms with E-state index >= 15 is 0 Å². The molecule has 0 amide bonds. The van der Waals surface area contributed by atoms with Crippen molar-refractivity contribution in [3.63, 3.8) is 0 Å². The lowest BCUT2D eigenvalue weighted by Crippen LogP contribution is -2.34. The molecular formula is C12H17N3O2S. The van der Waals surface area contributed by atoms with E-state index in [2.05, 4.69) is 10.3 Å². The second-order valence-corrected chi connectivity index (χ2v) is 6.04. The Morgan fingerprint density at radius 3 is 2.78 bits per heavy atom. The number of rotatable bonds is 4. The molecule has 0 radical (unpaired) electrons. The third-order valence-electron chi connectivity index (χ3n) is 2.80. The third-order valence-corrected chi connectivity index (χ3v) is 4.59. The zero-order valence-electron chi connectivity index (χ0n) is 10.3. The van der Waals surface area contributed by atoms with Gasteiger partial charge in [0, 0.05) is 25.8 Å². The van der Waals surface area contributed by atoms with Crippen LogP contribution in [0.15, 0.2) is 35.5 Å². The van der Waals surface area contributed by atoms with Gasteiger partial charge >= 0.3 is 0 Å². The molecule has 5 nitrogen and oxygen atoms in total. The second kappa shape index (κ2) is 5.60. The van der Waals surface area contributed by atoms with Gasteiger partial charge in [-0.25, -0.2) is 13.4 Å². The molecule has 2 heterocycles. The maximum absolute atomic E-state index is 12.3. The van der Waals surface area contributed by atoms with Crippen molar-refractivity contribution >= 4 is 10.0 Å². The van der Waals surface area contributed by atoms with Gasteiger partial charge in [-0.1, -0.05) is 18.2 Å². The normalized spacial score (nSPS) is 16.9. The van der Waals surface area contributed by atoms with Crippen molar-refractivity contribution in [2.45, 2.75) is 18.0 Å². The van der Waals surface area contributed by atoms with E-state index in [0.717, 1.165) is 12.0 Å². The Bertz CT molecular complexity index is 523. The third kappa shape index (κ3) is 2.77. The standard InChI is InChI=1S/C12H17N3O2S/c1-13-9-11-5-6-12(14-10-11)18(16,17)15-7-3-2-4-8-15/h2-3,5-6,10,13H,4,7-9H2,1H3. The zero-order chi connectivity index (χ0) is 13.0. The molecule has 0 aliphatic carbocycles. The van der Waals surface area contributed by atoms with Crippen LogP contribution in [0.25, 0.3) is 0 Å². The summed E-state index contributed by atoms with van der Waals surface area (Å²) in [4.78, 5) is 4.05. The van der Waals surface area contributed by atoms with Gasteiger partial charge in [0.15, 0.2) is 5.03 Å². The van der Waals surface area contributed by atoms with Gasteiger partial charge in [0.25, 0.3) is 10.0 Å². The summed E-state index contributed by atoms with van der Waals surface area (Å²) in [5.74, 6) is 0. The summed E-state index contributed by atoms with van der Waals surface area (Å²) >= 11 is 0. The molecule has 0 atom stereocenters. The maximum Gasteiger partial charge on any atom is 0.260 e. The van der Waals surface area contributed by atoms with Crippen LogP contribution < -0.4 is 5.32 Å². The Morgan fingerprint density at radius 2 is 2.22 bits per heavy atom. The largest absolute Gasteiger partial charge is 0.316 e. The molecular weight excluding hydrogens is 250 g/mol. The molecule has 2 rings (SSSR count). The first kappa shape index (κ1) is 13.2. The summed E-state index contributed by atoms with van der Waals surface area (Å²) in [7, 11) is -1.61. The van der Waals surface area contributed by atoms with Crippen LogP contribution in [0.5, 0.6) is 0 Å². The molecule has 0 aromatic carbocycles. The number of hydrogen-bond acceptors (Lipinski definition) is 4. The Kier molecular flexibility index (Phi) is 4.11. The topological polar surface area (TPSA) is 62.3 Å². The van der Waals surface area contributed by atoms with Crippen LogP contribution >= 0.6 is 0 Å². The lowest BCUT2D eigenvalue weighted by Gasteiger charge is -2.22. The summed E-state index contributed by atoms with van der Waals surface area (Å²) in [6, 6.07) is 3.36. The first-order chi connectivity index (χ1) is 8.64. The molecule has 0 saturated carbocycles. The first-order valence-corrected chi connectivity index (χ1v) is 7.33. The fourth-order valence-corrected chi connectivity index (χ4v) is 3.16. The van der Waals surface area contributed by atoms with Crippen LogP contribution in [0.4, 0.5) is 0 Å². The number of hydrogen-bond donors (Lipinski definition) is 1. The molecule has 0 saturated heterocycles. The number of pyridine rings is 1. The summed E-state index contributed by atoms with van der Waals surface area (Å²) in [5.41, 5.74) is 0.968. The van der Waals surface area contributed by atoms with Gasteiger partial charge in [-0.3, -0.25) is 0 Å². The van der Waals surface area contributed by atoms with E-state index in [0.29, 0.717) is 19.6 Å². The van der Waals surface area contributed by atoms with Gasteiger partial charge in [-0.05, 0) is 25.1 Å². The van der Waals surface area contributed by atoms with E-state index in [1.54, 1.807) is 18.3 Å².